The summed E-state index contributed by atoms with van der Waals surface area (Å²) in [4.78, 5) is 2.48. The third-order valence-corrected chi connectivity index (χ3v) is 4.57. The van der Waals surface area contributed by atoms with Crippen molar-refractivity contribution in [3.63, 3.8) is 0 Å². The Bertz CT molecular complexity index is 419. The van der Waals surface area contributed by atoms with Gasteiger partial charge in [0, 0.05) is 22.7 Å². The first-order valence-electron chi connectivity index (χ1n) is 6.73. The normalized spacial score (nSPS) is 26.2. The molecular weight excluding hydrogens is 290 g/mol. The molecule has 2 nitrogen and oxygen atoms in total. The van der Waals surface area contributed by atoms with E-state index in [4.69, 9.17) is 0 Å². The van der Waals surface area contributed by atoms with Crippen LogP contribution in [0.5, 0.6) is 0 Å². The fraction of sp³-hybridized carbons (Fsp3) is 0.600. The number of halogens is 1. The Labute approximate surface area is 118 Å². The van der Waals surface area contributed by atoms with Gasteiger partial charge in [-0.1, -0.05) is 28.9 Å². The summed E-state index contributed by atoms with van der Waals surface area (Å²) in [5, 5.41) is 9.66. The molecule has 0 amide bonds. The lowest BCUT2D eigenvalue weighted by Crippen LogP contribution is -2.41. The van der Waals surface area contributed by atoms with Crippen LogP contribution in [0.4, 0.5) is 5.69 Å². The zero-order chi connectivity index (χ0) is 13.3. The van der Waals surface area contributed by atoms with Gasteiger partial charge >= 0.3 is 0 Å². The van der Waals surface area contributed by atoms with Gasteiger partial charge in [0.15, 0.2) is 0 Å². The largest absolute Gasteiger partial charge is 0.389 e. The molecule has 100 valence electrons. The molecule has 2 unspecified atom stereocenters. The Kier molecular flexibility index (Phi) is 4.33. The van der Waals surface area contributed by atoms with Gasteiger partial charge in [-0.05, 0) is 50.3 Å². The van der Waals surface area contributed by atoms with Crippen LogP contribution >= 0.6 is 15.9 Å². The second kappa shape index (κ2) is 5.62. The first kappa shape index (κ1) is 13.9. The summed E-state index contributed by atoms with van der Waals surface area (Å²) in [5.41, 5.74) is 2.21. The Morgan fingerprint density at radius 2 is 2.06 bits per heavy atom. The van der Waals surface area contributed by atoms with E-state index in [-0.39, 0.29) is 0 Å². The topological polar surface area (TPSA) is 23.5 Å². The van der Waals surface area contributed by atoms with Crippen LogP contribution in [-0.4, -0.2) is 17.7 Å². The molecule has 1 N–H and O–H groups in total. The molecule has 18 heavy (non-hydrogen) atoms. The summed E-state index contributed by atoms with van der Waals surface area (Å²) in [6.07, 6.45) is 2.16. The fourth-order valence-corrected chi connectivity index (χ4v) is 3.38. The van der Waals surface area contributed by atoms with E-state index in [0.717, 1.165) is 22.5 Å². The first-order chi connectivity index (χ1) is 8.49. The number of hydrogen-bond donors (Lipinski definition) is 1. The predicted molar refractivity (Wildman–Crippen MR) is 80.0 cm³/mol. The van der Waals surface area contributed by atoms with Gasteiger partial charge in [0.05, 0.1) is 6.10 Å². The zero-order valence-electron chi connectivity index (χ0n) is 11.4. The predicted octanol–water partition coefficient (Wildman–Crippen LogP) is 4.13. The van der Waals surface area contributed by atoms with Crippen LogP contribution in [0.3, 0.4) is 0 Å². The van der Waals surface area contributed by atoms with Gasteiger partial charge in [0.1, 0.15) is 0 Å². The summed E-state index contributed by atoms with van der Waals surface area (Å²) in [5.74, 6) is 0.761. The maximum absolute atomic E-state index is 9.66. The minimum Gasteiger partial charge on any atom is -0.389 e. The fourth-order valence-electron chi connectivity index (χ4n) is 2.68. The molecule has 0 aliphatic carbocycles. The number of nitrogens with zero attached hydrogens (tertiary/aromatic N) is 1. The monoisotopic (exact) mass is 311 g/mol. The number of hydrogen-bond acceptors (Lipinski definition) is 2. The summed E-state index contributed by atoms with van der Waals surface area (Å²) in [6.45, 7) is 7.54. The Morgan fingerprint density at radius 3 is 2.67 bits per heavy atom. The van der Waals surface area contributed by atoms with E-state index in [0.29, 0.717) is 6.04 Å². The molecule has 1 aromatic rings. The van der Waals surface area contributed by atoms with Crippen LogP contribution < -0.4 is 4.90 Å². The van der Waals surface area contributed by atoms with E-state index >= 15 is 0 Å². The van der Waals surface area contributed by atoms with Crippen molar-refractivity contribution in [3.05, 3.63) is 28.2 Å². The molecule has 1 fully saturated rings. The van der Waals surface area contributed by atoms with Crippen LogP contribution in [0.15, 0.2) is 22.7 Å². The molecule has 1 heterocycles. The van der Waals surface area contributed by atoms with Crippen molar-refractivity contribution in [1.82, 2.24) is 0 Å². The molecule has 1 saturated heterocycles. The standard InChI is InChI=1S/C15H22BrNO/c1-10-4-5-11(2)17(9-10)13-6-7-14(12(3)18)15(16)8-13/h6-8,10-12,18H,4-5,9H2,1-3H3/t10?,11?,12-/m0/s1. The minimum atomic E-state index is -0.425. The van der Waals surface area contributed by atoms with Crippen molar-refractivity contribution in [2.75, 3.05) is 11.4 Å². The second-order valence-corrected chi connectivity index (χ2v) is 6.42. The van der Waals surface area contributed by atoms with Crippen LogP contribution in [-0.2, 0) is 0 Å². The summed E-state index contributed by atoms with van der Waals surface area (Å²) in [6, 6.07) is 6.89. The lowest BCUT2D eigenvalue weighted by Gasteiger charge is -2.38. The van der Waals surface area contributed by atoms with Gasteiger partial charge in [-0.25, -0.2) is 0 Å². The van der Waals surface area contributed by atoms with Gasteiger partial charge in [0.25, 0.3) is 0 Å². The van der Waals surface area contributed by atoms with Crippen molar-refractivity contribution in [2.45, 2.75) is 45.8 Å². The number of rotatable bonds is 2. The van der Waals surface area contributed by atoms with E-state index in [2.05, 4.69) is 46.8 Å². The van der Waals surface area contributed by atoms with Crippen molar-refractivity contribution in [3.8, 4) is 0 Å². The molecule has 0 aromatic heterocycles. The van der Waals surface area contributed by atoms with Gasteiger partial charge in [-0.2, -0.15) is 0 Å². The van der Waals surface area contributed by atoms with E-state index in [1.54, 1.807) is 6.92 Å². The molecule has 1 aromatic carbocycles. The van der Waals surface area contributed by atoms with Crippen molar-refractivity contribution >= 4 is 21.6 Å². The average molecular weight is 312 g/mol. The highest BCUT2D eigenvalue weighted by Gasteiger charge is 2.23. The molecule has 3 heteroatoms. The molecule has 0 radical (unpaired) electrons. The van der Waals surface area contributed by atoms with Gasteiger partial charge in [0.2, 0.25) is 0 Å². The molecule has 3 atom stereocenters. The molecule has 2 rings (SSSR count). The van der Waals surface area contributed by atoms with Gasteiger partial charge in [-0.15, -0.1) is 0 Å². The summed E-state index contributed by atoms with van der Waals surface area (Å²) in [7, 11) is 0. The van der Waals surface area contributed by atoms with Crippen LogP contribution in [0.1, 0.15) is 45.3 Å². The summed E-state index contributed by atoms with van der Waals surface area (Å²) < 4.78 is 1.00. The Morgan fingerprint density at radius 1 is 1.33 bits per heavy atom. The van der Waals surface area contributed by atoms with Gasteiger partial charge < -0.3 is 10.0 Å². The smallest absolute Gasteiger partial charge is 0.0772 e. The minimum absolute atomic E-state index is 0.425. The highest BCUT2D eigenvalue weighted by molar-refractivity contribution is 9.10. The molecule has 1 aliphatic heterocycles. The molecule has 0 spiro atoms. The maximum Gasteiger partial charge on any atom is 0.0772 e. The number of benzene rings is 1. The average Bonchev–Trinajstić information content (AvgIpc) is 2.31. The van der Waals surface area contributed by atoms with Crippen LogP contribution in [0, 0.1) is 5.92 Å². The van der Waals surface area contributed by atoms with Crippen LogP contribution in [0.25, 0.3) is 0 Å². The third kappa shape index (κ3) is 2.89. The second-order valence-electron chi connectivity index (χ2n) is 5.57. The van der Waals surface area contributed by atoms with Crippen LogP contribution in [0.2, 0.25) is 0 Å². The lowest BCUT2D eigenvalue weighted by molar-refractivity contribution is 0.198. The SMILES string of the molecule is CC1CCC(C)N(c2ccc([C@H](C)O)c(Br)c2)C1. The quantitative estimate of drug-likeness (QED) is 0.887. The molecule has 0 bridgehead atoms. The lowest BCUT2D eigenvalue weighted by atomic mass is 9.94. The molecule has 1 aliphatic rings. The first-order valence-corrected chi connectivity index (χ1v) is 7.52. The van der Waals surface area contributed by atoms with E-state index in [9.17, 15) is 5.11 Å². The van der Waals surface area contributed by atoms with Crippen molar-refractivity contribution in [2.24, 2.45) is 5.92 Å². The maximum atomic E-state index is 9.66. The van der Waals surface area contributed by atoms with E-state index in [1.165, 1.54) is 18.5 Å². The highest BCUT2D eigenvalue weighted by atomic mass is 79.9. The third-order valence-electron chi connectivity index (χ3n) is 3.88. The van der Waals surface area contributed by atoms with Crippen molar-refractivity contribution in [1.29, 1.82) is 0 Å². The number of anilines is 1. The molecular formula is C15H22BrNO. The Hall–Kier alpha value is -0.540. The van der Waals surface area contributed by atoms with E-state index < -0.39 is 6.10 Å². The Balaban J connectivity index is 2.25. The van der Waals surface area contributed by atoms with E-state index in [1.807, 2.05) is 6.07 Å². The number of aliphatic hydroxyl groups excluding tert-OH is 1. The van der Waals surface area contributed by atoms with Gasteiger partial charge in [-0.3, -0.25) is 0 Å². The number of piperidine rings is 1. The molecule has 0 saturated carbocycles. The number of aliphatic hydroxyl groups is 1. The summed E-state index contributed by atoms with van der Waals surface area (Å²) >= 11 is 3.56. The highest BCUT2D eigenvalue weighted by Crippen LogP contribution is 2.32. The van der Waals surface area contributed by atoms with Crippen molar-refractivity contribution < 1.29 is 5.11 Å². The zero-order valence-corrected chi connectivity index (χ0v) is 12.9.